The predicted octanol–water partition coefficient (Wildman–Crippen LogP) is 14.3. The Kier molecular flexibility index (Phi) is 6.93. The van der Waals surface area contributed by atoms with Crippen LogP contribution >= 0.6 is 0 Å². The van der Waals surface area contributed by atoms with Gasteiger partial charge in [-0.3, -0.25) is 0 Å². The molecule has 0 atom stereocenters. The maximum atomic E-state index is 2.51. The fraction of sp³-hybridized carbons (Fsp3) is 0. The Labute approximate surface area is 329 Å². The van der Waals surface area contributed by atoms with Crippen LogP contribution in [0, 0.1) is 0 Å². The van der Waals surface area contributed by atoms with E-state index in [9.17, 15) is 0 Å². The average Bonchev–Trinajstić information content (AvgIpc) is 3.93. The highest BCUT2D eigenvalue weighted by Gasteiger charge is 2.24. The number of aromatic nitrogens is 3. The zero-order valence-electron chi connectivity index (χ0n) is 31.0. The van der Waals surface area contributed by atoms with Crippen LogP contribution in [0.2, 0.25) is 0 Å². The Bertz CT molecular complexity index is 3500. The van der Waals surface area contributed by atoms with Crippen LogP contribution < -0.4 is 0 Å². The average molecular weight is 726 g/mol. The first-order chi connectivity index (χ1) is 28.3. The molecule has 12 rings (SSSR count). The lowest BCUT2D eigenvalue weighted by Gasteiger charge is -2.17. The minimum atomic E-state index is 1.14. The van der Waals surface area contributed by atoms with Gasteiger partial charge < -0.3 is 13.7 Å². The first-order valence-electron chi connectivity index (χ1n) is 19.6. The van der Waals surface area contributed by atoms with E-state index < -0.39 is 0 Å². The molecule has 3 nitrogen and oxygen atoms in total. The molecule has 0 spiro atoms. The number of hydrogen-bond acceptors (Lipinski definition) is 0. The van der Waals surface area contributed by atoms with Gasteiger partial charge in [0.2, 0.25) is 0 Å². The van der Waals surface area contributed by atoms with Gasteiger partial charge in [0, 0.05) is 60.5 Å². The molecule has 0 radical (unpaired) electrons. The number of nitrogens with zero attached hydrogens (tertiary/aromatic N) is 3. The molecule has 3 aromatic heterocycles. The van der Waals surface area contributed by atoms with Crippen LogP contribution in [0.3, 0.4) is 0 Å². The van der Waals surface area contributed by atoms with E-state index in [-0.39, 0.29) is 0 Å². The fourth-order valence-corrected chi connectivity index (χ4v) is 9.50. The Morgan fingerprint density at radius 1 is 0.263 bits per heavy atom. The first-order valence-corrected chi connectivity index (χ1v) is 19.6. The van der Waals surface area contributed by atoms with Crippen LogP contribution in [-0.2, 0) is 0 Å². The molecular weight excluding hydrogens is 691 g/mol. The molecule has 0 bridgehead atoms. The summed E-state index contributed by atoms with van der Waals surface area (Å²) in [5.41, 5.74) is 15.5. The van der Waals surface area contributed by atoms with Crippen molar-refractivity contribution in [3.63, 3.8) is 0 Å². The van der Waals surface area contributed by atoms with Gasteiger partial charge in [0.05, 0.1) is 33.1 Å². The lowest BCUT2D eigenvalue weighted by molar-refractivity contribution is 1.17. The molecule has 9 aromatic carbocycles. The van der Waals surface area contributed by atoms with Crippen molar-refractivity contribution in [3.05, 3.63) is 212 Å². The fourth-order valence-electron chi connectivity index (χ4n) is 9.50. The highest BCUT2D eigenvalue weighted by molar-refractivity contribution is 6.23. The van der Waals surface area contributed by atoms with Crippen LogP contribution in [0.1, 0.15) is 0 Å². The second kappa shape index (κ2) is 12.5. The summed E-state index contributed by atoms with van der Waals surface area (Å²) in [6.07, 6.45) is 0. The van der Waals surface area contributed by atoms with E-state index in [0.29, 0.717) is 0 Å². The number of hydrogen-bond donors (Lipinski definition) is 0. The van der Waals surface area contributed by atoms with Crippen LogP contribution in [0.25, 0.3) is 105 Å². The monoisotopic (exact) mass is 725 g/mol. The van der Waals surface area contributed by atoms with Crippen molar-refractivity contribution in [2.45, 2.75) is 0 Å². The van der Waals surface area contributed by atoms with Gasteiger partial charge in [0.15, 0.2) is 0 Å². The number of fused-ring (bicyclic) bond motifs is 9. The van der Waals surface area contributed by atoms with E-state index >= 15 is 0 Å². The summed E-state index contributed by atoms with van der Waals surface area (Å²) in [5.74, 6) is 0. The van der Waals surface area contributed by atoms with E-state index in [1.807, 2.05) is 0 Å². The quantitative estimate of drug-likeness (QED) is 0.168. The van der Waals surface area contributed by atoms with Crippen molar-refractivity contribution in [1.82, 2.24) is 13.7 Å². The summed E-state index contributed by atoms with van der Waals surface area (Å²) in [6, 6.07) is 77.5. The molecule has 0 saturated heterocycles. The van der Waals surface area contributed by atoms with Gasteiger partial charge in [-0.1, -0.05) is 146 Å². The van der Waals surface area contributed by atoms with Crippen molar-refractivity contribution in [2.24, 2.45) is 0 Å². The second-order valence-corrected chi connectivity index (χ2v) is 14.9. The largest absolute Gasteiger partial charge is 0.309 e. The lowest BCUT2D eigenvalue weighted by atomic mass is 9.89. The molecule has 0 saturated carbocycles. The molecule has 0 aliphatic rings. The van der Waals surface area contributed by atoms with Crippen molar-refractivity contribution in [2.75, 3.05) is 0 Å². The first kappa shape index (κ1) is 31.7. The van der Waals surface area contributed by atoms with Gasteiger partial charge in [-0.05, 0) is 77.9 Å². The molecule has 266 valence electrons. The molecule has 3 heterocycles. The maximum Gasteiger partial charge on any atom is 0.0619 e. The molecule has 3 heteroatoms. The van der Waals surface area contributed by atoms with Gasteiger partial charge in [-0.2, -0.15) is 0 Å². The molecule has 12 aromatic rings. The van der Waals surface area contributed by atoms with Crippen LogP contribution in [-0.4, -0.2) is 13.7 Å². The van der Waals surface area contributed by atoms with Gasteiger partial charge in [-0.15, -0.1) is 0 Å². The Morgan fingerprint density at radius 2 is 0.754 bits per heavy atom. The van der Waals surface area contributed by atoms with Gasteiger partial charge in [-0.25, -0.2) is 0 Å². The molecule has 0 fully saturated rings. The summed E-state index contributed by atoms with van der Waals surface area (Å²) in [7, 11) is 0. The third-order valence-corrected chi connectivity index (χ3v) is 11.8. The smallest absolute Gasteiger partial charge is 0.0619 e. The Hall–Kier alpha value is -7.62. The van der Waals surface area contributed by atoms with Crippen molar-refractivity contribution >= 4 is 65.4 Å². The zero-order valence-corrected chi connectivity index (χ0v) is 31.0. The molecule has 0 unspecified atom stereocenters. The van der Waals surface area contributed by atoms with E-state index in [2.05, 4.69) is 226 Å². The van der Waals surface area contributed by atoms with Gasteiger partial charge in [0.1, 0.15) is 0 Å². The predicted molar refractivity (Wildman–Crippen MR) is 240 cm³/mol. The summed E-state index contributed by atoms with van der Waals surface area (Å²) < 4.78 is 7.33. The Morgan fingerprint density at radius 3 is 1.44 bits per heavy atom. The van der Waals surface area contributed by atoms with E-state index in [1.54, 1.807) is 0 Å². The maximum absolute atomic E-state index is 2.51. The third kappa shape index (κ3) is 4.66. The number of rotatable bonds is 5. The molecule has 0 aliphatic heterocycles. The van der Waals surface area contributed by atoms with Crippen molar-refractivity contribution in [3.8, 4) is 39.3 Å². The topological polar surface area (TPSA) is 14.8 Å². The minimum absolute atomic E-state index is 1.14. The summed E-state index contributed by atoms with van der Waals surface area (Å²) in [6.45, 7) is 0. The minimum Gasteiger partial charge on any atom is -0.309 e. The van der Waals surface area contributed by atoms with Crippen LogP contribution in [0.15, 0.2) is 212 Å². The lowest BCUT2D eigenvalue weighted by Crippen LogP contribution is -1.98. The number of benzene rings is 9. The van der Waals surface area contributed by atoms with Gasteiger partial charge >= 0.3 is 0 Å². The Balaban J connectivity index is 1.23. The van der Waals surface area contributed by atoms with E-state index in [0.717, 1.165) is 17.1 Å². The summed E-state index contributed by atoms with van der Waals surface area (Å²) in [5, 5.41) is 7.43. The van der Waals surface area contributed by atoms with Crippen LogP contribution in [0.5, 0.6) is 0 Å². The second-order valence-electron chi connectivity index (χ2n) is 14.9. The normalized spacial score (nSPS) is 11.9. The molecule has 0 aliphatic carbocycles. The van der Waals surface area contributed by atoms with Crippen molar-refractivity contribution < 1.29 is 0 Å². The standard InChI is InChI=1S/C54H35N3/c1-4-17-36(18-5-1)40-32-34-51-53(44-25-12-15-30-49(44)56(51)38-21-8-3-9-22-38)52(40)45-27-16-26-43-41-23-10-14-29-48(41)57(54(43)45)39-31-33-50-46(35-39)42-24-11-13-28-47(42)55(50)37-19-6-2-7-20-37/h1-35H. The molecule has 57 heavy (non-hydrogen) atoms. The molecule has 0 amide bonds. The molecular formula is C54H35N3. The SMILES string of the molecule is c1ccc(-c2ccc3c(c2-c2cccc4c5ccccc5n(-c5ccc6c(c5)c5ccccc5n6-c5ccccc5)c24)c2ccccc2n3-c2ccccc2)cc1. The summed E-state index contributed by atoms with van der Waals surface area (Å²) >= 11 is 0. The van der Waals surface area contributed by atoms with Crippen LogP contribution in [0.4, 0.5) is 0 Å². The summed E-state index contributed by atoms with van der Waals surface area (Å²) in [4.78, 5) is 0. The van der Waals surface area contributed by atoms with Gasteiger partial charge in [0.25, 0.3) is 0 Å². The highest BCUT2D eigenvalue weighted by atomic mass is 15.0. The number of para-hydroxylation sites is 6. The van der Waals surface area contributed by atoms with Crippen molar-refractivity contribution in [1.29, 1.82) is 0 Å². The highest BCUT2D eigenvalue weighted by Crippen LogP contribution is 2.48. The van der Waals surface area contributed by atoms with E-state index in [1.165, 1.54) is 87.7 Å². The molecule has 0 N–H and O–H groups in total. The van der Waals surface area contributed by atoms with E-state index in [4.69, 9.17) is 0 Å². The third-order valence-electron chi connectivity index (χ3n) is 11.8. The zero-order chi connectivity index (χ0) is 37.5.